The summed E-state index contributed by atoms with van der Waals surface area (Å²) in [6.07, 6.45) is 7.37. The molecule has 0 spiro atoms. The first-order valence-corrected chi connectivity index (χ1v) is 37.5. The highest BCUT2D eigenvalue weighted by atomic mass is 31.2. The van der Waals surface area contributed by atoms with Crippen molar-refractivity contribution in [2.75, 3.05) is 26.4 Å². The number of ether oxygens (including phenoxy) is 7. The number of rotatable bonds is 55. The molecule has 0 bridgehead atoms. The summed E-state index contributed by atoms with van der Waals surface area (Å²) in [4.78, 5) is 50.8. The molecule has 11 N–H and O–H groups in total. The number of hydrogen-bond donors (Lipinski definition) is 11. The molecule has 3 fully saturated rings. The van der Waals surface area contributed by atoms with E-state index < -0.39 is 156 Å². The van der Waals surface area contributed by atoms with Crippen LogP contribution in [0.2, 0.25) is 0 Å². The minimum absolute atomic E-state index is 0.00952. The van der Waals surface area contributed by atoms with E-state index in [2.05, 4.69) is 32.9 Å². The molecule has 1 saturated carbocycles. The van der Waals surface area contributed by atoms with Crippen LogP contribution in [0.5, 0.6) is 0 Å². The normalized spacial score (nSPS) is 28.5. The van der Waals surface area contributed by atoms with Crippen molar-refractivity contribution < 1.29 is 117 Å². The van der Waals surface area contributed by atoms with Gasteiger partial charge in [-0.15, -0.1) is 0 Å². The van der Waals surface area contributed by atoms with E-state index in [0.717, 1.165) is 96.3 Å². The molecule has 2 aliphatic heterocycles. The van der Waals surface area contributed by atoms with Gasteiger partial charge in [0.05, 0.1) is 13.2 Å². The maximum atomic E-state index is 14.3. The Hall–Kier alpha value is -2.30. The second-order valence-corrected chi connectivity index (χ2v) is 27.4. The highest BCUT2D eigenvalue weighted by molar-refractivity contribution is 7.47. The zero-order valence-electron chi connectivity index (χ0n) is 56.5. The van der Waals surface area contributed by atoms with Gasteiger partial charge < -0.3 is 89.1 Å². The Morgan fingerprint density at radius 3 is 1.17 bits per heavy atom. The number of phosphoric ester groups is 1. The van der Waals surface area contributed by atoms with Crippen LogP contribution < -0.4 is 0 Å². The van der Waals surface area contributed by atoms with E-state index in [1.807, 2.05) is 0 Å². The van der Waals surface area contributed by atoms with Crippen LogP contribution in [0, 0.1) is 0 Å². The van der Waals surface area contributed by atoms with Crippen molar-refractivity contribution >= 4 is 25.7 Å². The van der Waals surface area contributed by atoms with E-state index >= 15 is 0 Å². The van der Waals surface area contributed by atoms with Gasteiger partial charge in [0.15, 0.2) is 18.7 Å². The van der Waals surface area contributed by atoms with Crippen molar-refractivity contribution in [3.05, 3.63) is 12.2 Å². The molecule has 2 saturated heterocycles. The molecule has 24 nitrogen and oxygen atoms in total. The highest BCUT2D eigenvalue weighted by Crippen LogP contribution is 2.49. The van der Waals surface area contributed by atoms with Crippen LogP contribution in [0.3, 0.4) is 0 Å². The van der Waals surface area contributed by atoms with Gasteiger partial charge in [-0.25, -0.2) is 4.57 Å². The summed E-state index contributed by atoms with van der Waals surface area (Å²) in [5.41, 5.74) is 0. The lowest BCUT2D eigenvalue weighted by Gasteiger charge is -2.49. The van der Waals surface area contributed by atoms with E-state index in [-0.39, 0.29) is 19.3 Å². The van der Waals surface area contributed by atoms with Crippen LogP contribution in [0.15, 0.2) is 12.2 Å². The molecule has 0 amide bonds. The Bertz CT molecular complexity index is 1990. The van der Waals surface area contributed by atoms with Crippen molar-refractivity contribution in [2.45, 2.75) is 375 Å². The lowest BCUT2D eigenvalue weighted by molar-refractivity contribution is -0.360. The SMILES string of the molecule is CCCCCCCCC/C=C\CCCCCC(=O)OCC1OC(OC2C(O)C(O)C(O)C(OC3OC(CO)C(O)C(O)C3O)C2OP(=O)(O)OCC(COC(=O)CCCCCCCCCCCCC)OC(=O)CCCCCCCCCCCCCCC)C(O)C(O)C1O. The quantitative estimate of drug-likeness (QED) is 0.00890. The summed E-state index contributed by atoms with van der Waals surface area (Å²) in [7, 11) is -5.69. The zero-order valence-corrected chi connectivity index (χ0v) is 57.4. The average Bonchev–Trinajstić information content (AvgIpc) is 0.769. The van der Waals surface area contributed by atoms with Gasteiger partial charge in [0.25, 0.3) is 0 Å². The van der Waals surface area contributed by atoms with Gasteiger partial charge in [-0.05, 0) is 44.9 Å². The molecular formula is C68H125O24P. The molecule has 0 aromatic carbocycles. The monoisotopic (exact) mass is 1360 g/mol. The summed E-state index contributed by atoms with van der Waals surface area (Å²) >= 11 is 0. The Balaban J connectivity index is 1.76. The standard InChI is InChI=1S/C68H125O24P/c1-4-7-10-13-16-19-22-24-26-28-31-34-37-40-43-53(71)85-48-51-56(74)58(76)63(81)68(89-51)91-65-61(79)59(77)60(78)64(90-67-62(80)57(75)55(73)50(45-69)88-67)66(65)92-93(82,83)86-47-49(46-84-52(70)42-39-36-33-30-27-21-18-15-12-9-6-3)87-54(72)44-41-38-35-32-29-25-23-20-17-14-11-8-5-2/h26,28,49-51,55-69,73-81H,4-25,27,29-48H2,1-3H3,(H,82,83)/b28-26-. The van der Waals surface area contributed by atoms with Crippen LogP contribution in [-0.4, -0.2) is 204 Å². The third-order valence-corrected chi connectivity index (χ3v) is 18.8. The van der Waals surface area contributed by atoms with Crippen molar-refractivity contribution in [3.63, 3.8) is 0 Å². The van der Waals surface area contributed by atoms with Crippen molar-refractivity contribution in [1.29, 1.82) is 0 Å². The van der Waals surface area contributed by atoms with Crippen molar-refractivity contribution in [2.24, 2.45) is 0 Å². The summed E-state index contributed by atoms with van der Waals surface area (Å²) in [6, 6.07) is 0. The van der Waals surface area contributed by atoms with Crippen molar-refractivity contribution in [1.82, 2.24) is 0 Å². The number of esters is 3. The van der Waals surface area contributed by atoms with Crippen LogP contribution in [0.4, 0.5) is 0 Å². The van der Waals surface area contributed by atoms with Gasteiger partial charge in [0.2, 0.25) is 0 Å². The molecule has 0 aromatic heterocycles. The third kappa shape index (κ3) is 34.9. The minimum atomic E-state index is -5.69. The number of aliphatic hydroxyl groups is 10. The Morgan fingerprint density at radius 1 is 0.409 bits per heavy atom. The van der Waals surface area contributed by atoms with Gasteiger partial charge >= 0.3 is 25.7 Å². The van der Waals surface area contributed by atoms with Gasteiger partial charge in [-0.2, -0.15) is 0 Å². The molecule has 0 radical (unpaired) electrons. The fourth-order valence-electron chi connectivity index (χ4n) is 11.9. The molecular weight excluding hydrogens is 1230 g/mol. The molecule has 18 unspecified atom stereocenters. The first-order chi connectivity index (χ1) is 44.8. The summed E-state index contributed by atoms with van der Waals surface area (Å²) in [5, 5.41) is 110. The fourth-order valence-corrected chi connectivity index (χ4v) is 12.8. The van der Waals surface area contributed by atoms with Gasteiger partial charge in [-0.1, -0.05) is 219 Å². The number of hydrogen-bond acceptors (Lipinski definition) is 23. The Kier molecular flexibility index (Phi) is 46.5. The van der Waals surface area contributed by atoms with E-state index in [9.17, 15) is 74.9 Å². The van der Waals surface area contributed by atoms with Crippen LogP contribution in [-0.2, 0) is 61.2 Å². The summed E-state index contributed by atoms with van der Waals surface area (Å²) < 4.78 is 64.8. The van der Waals surface area contributed by atoms with E-state index in [4.69, 9.17) is 42.2 Å². The van der Waals surface area contributed by atoms with E-state index in [1.165, 1.54) is 116 Å². The minimum Gasteiger partial charge on any atom is -0.463 e. The molecule has 93 heavy (non-hydrogen) atoms. The maximum absolute atomic E-state index is 14.3. The first kappa shape index (κ1) is 84.9. The predicted octanol–water partition coefficient (Wildman–Crippen LogP) is 8.79. The molecule has 3 aliphatic rings. The third-order valence-electron chi connectivity index (χ3n) is 17.8. The summed E-state index contributed by atoms with van der Waals surface area (Å²) in [5.74, 6) is -2.00. The van der Waals surface area contributed by atoms with E-state index in [1.54, 1.807) is 0 Å². The summed E-state index contributed by atoms with van der Waals surface area (Å²) in [6.45, 7) is 3.40. The van der Waals surface area contributed by atoms with Crippen LogP contribution >= 0.6 is 7.82 Å². The van der Waals surface area contributed by atoms with E-state index in [0.29, 0.717) is 19.3 Å². The molecule has 1 aliphatic carbocycles. The first-order valence-electron chi connectivity index (χ1n) is 36.0. The van der Waals surface area contributed by atoms with Crippen LogP contribution in [0.25, 0.3) is 0 Å². The molecule has 3 rings (SSSR count). The number of carbonyl (C=O) groups is 3. The van der Waals surface area contributed by atoms with Gasteiger partial charge in [0.1, 0.15) is 98.7 Å². The molecule has 18 atom stereocenters. The second-order valence-electron chi connectivity index (χ2n) is 26.0. The zero-order chi connectivity index (χ0) is 68.2. The average molecular weight is 1360 g/mol. The Labute approximate surface area is 554 Å². The van der Waals surface area contributed by atoms with Gasteiger partial charge in [0, 0.05) is 19.3 Å². The molecule has 2 heterocycles. The smallest absolute Gasteiger partial charge is 0.463 e. The van der Waals surface area contributed by atoms with Crippen LogP contribution in [0.1, 0.15) is 271 Å². The second kappa shape index (κ2) is 50.9. The number of unbranched alkanes of at least 4 members (excludes halogenated alkanes) is 32. The number of phosphoric acid groups is 1. The highest BCUT2D eigenvalue weighted by Gasteiger charge is 2.58. The largest absolute Gasteiger partial charge is 0.472 e. The predicted molar refractivity (Wildman–Crippen MR) is 347 cm³/mol. The fraction of sp³-hybridized carbons (Fsp3) is 0.926. The topological polar surface area (TPSA) is 374 Å². The molecule has 0 aromatic rings. The lowest BCUT2D eigenvalue weighted by atomic mass is 9.84. The maximum Gasteiger partial charge on any atom is 0.472 e. The number of carbonyl (C=O) groups excluding carboxylic acids is 3. The molecule has 25 heteroatoms. The number of aliphatic hydroxyl groups excluding tert-OH is 10. The lowest BCUT2D eigenvalue weighted by Crippen LogP contribution is -2.69. The van der Waals surface area contributed by atoms with Gasteiger partial charge in [-0.3, -0.25) is 23.4 Å². The van der Waals surface area contributed by atoms with Crippen molar-refractivity contribution in [3.8, 4) is 0 Å². The Morgan fingerprint density at radius 2 is 0.753 bits per heavy atom. The molecule has 546 valence electrons. The number of allylic oxidation sites excluding steroid dienone is 2.